The number of aliphatic hydroxyl groups excluding tert-OH is 1. The average Bonchev–Trinajstić information content (AvgIpc) is 2.39. The molecule has 1 saturated carbocycles. The Hall–Kier alpha value is -1.30. The Morgan fingerprint density at radius 1 is 1.26 bits per heavy atom. The zero-order valence-corrected chi connectivity index (χ0v) is 10.5. The molecule has 0 bridgehead atoms. The van der Waals surface area contributed by atoms with Crippen LogP contribution < -0.4 is 4.74 Å². The molecule has 1 aromatic carbocycles. The molecule has 6 heteroatoms. The van der Waals surface area contributed by atoms with Gasteiger partial charge in [0, 0.05) is 17.9 Å². The summed E-state index contributed by atoms with van der Waals surface area (Å²) in [6, 6.07) is 0.131. The monoisotopic (exact) mass is 278 g/mol. The molecule has 2 nitrogen and oxygen atoms in total. The van der Waals surface area contributed by atoms with Crippen LogP contribution in [0.25, 0.3) is 0 Å². The zero-order chi connectivity index (χ0) is 14.4. The lowest BCUT2D eigenvalue weighted by molar-refractivity contribution is -0.148. The third-order valence-electron chi connectivity index (χ3n) is 4.03. The molecule has 0 radical (unpaired) electrons. The minimum absolute atomic E-state index is 0.131. The lowest BCUT2D eigenvalue weighted by Crippen LogP contribution is -2.57. The van der Waals surface area contributed by atoms with Gasteiger partial charge in [-0.3, -0.25) is 0 Å². The molecule has 1 aromatic rings. The Balaban J connectivity index is 2.31. The summed E-state index contributed by atoms with van der Waals surface area (Å²) < 4.78 is 58.0. The SMILES string of the molecule is CCC1(C)C(O)CC1Oc1c(F)c(F)cc(F)c1F. The van der Waals surface area contributed by atoms with Crippen LogP contribution in [0.15, 0.2) is 6.07 Å². The quantitative estimate of drug-likeness (QED) is 0.679. The van der Waals surface area contributed by atoms with Crippen LogP contribution in [0.5, 0.6) is 5.75 Å². The molecule has 19 heavy (non-hydrogen) atoms. The van der Waals surface area contributed by atoms with E-state index in [1.54, 1.807) is 13.8 Å². The van der Waals surface area contributed by atoms with Gasteiger partial charge in [0.25, 0.3) is 0 Å². The molecular formula is C13H14F4O2. The van der Waals surface area contributed by atoms with Crippen molar-refractivity contribution in [3.8, 4) is 5.75 Å². The number of rotatable bonds is 3. The Morgan fingerprint density at radius 2 is 1.79 bits per heavy atom. The minimum Gasteiger partial charge on any atom is -0.483 e. The minimum atomic E-state index is -1.56. The smallest absolute Gasteiger partial charge is 0.203 e. The van der Waals surface area contributed by atoms with E-state index < -0.39 is 46.6 Å². The van der Waals surface area contributed by atoms with E-state index in [-0.39, 0.29) is 12.5 Å². The summed E-state index contributed by atoms with van der Waals surface area (Å²) in [5.74, 6) is -7.19. The maximum absolute atomic E-state index is 13.4. The predicted octanol–water partition coefficient (Wildman–Crippen LogP) is 3.17. The van der Waals surface area contributed by atoms with Crippen LogP contribution in [0.2, 0.25) is 0 Å². The molecule has 0 aromatic heterocycles. The van der Waals surface area contributed by atoms with E-state index >= 15 is 0 Å². The second kappa shape index (κ2) is 4.67. The number of hydrogen-bond acceptors (Lipinski definition) is 2. The van der Waals surface area contributed by atoms with Crippen molar-refractivity contribution in [2.24, 2.45) is 5.41 Å². The van der Waals surface area contributed by atoms with Crippen molar-refractivity contribution in [2.45, 2.75) is 38.9 Å². The highest BCUT2D eigenvalue weighted by atomic mass is 19.2. The van der Waals surface area contributed by atoms with Crippen molar-refractivity contribution in [2.75, 3.05) is 0 Å². The van der Waals surface area contributed by atoms with Crippen LogP contribution in [0.3, 0.4) is 0 Å². The van der Waals surface area contributed by atoms with Gasteiger partial charge >= 0.3 is 0 Å². The van der Waals surface area contributed by atoms with Gasteiger partial charge < -0.3 is 9.84 Å². The molecule has 106 valence electrons. The highest BCUT2D eigenvalue weighted by Gasteiger charge is 2.52. The van der Waals surface area contributed by atoms with E-state index in [1.165, 1.54) is 0 Å². The first-order chi connectivity index (χ1) is 8.81. The summed E-state index contributed by atoms with van der Waals surface area (Å²) in [5.41, 5.74) is -0.679. The zero-order valence-electron chi connectivity index (χ0n) is 10.5. The Kier molecular flexibility index (Phi) is 3.47. The summed E-state index contributed by atoms with van der Waals surface area (Å²) in [7, 11) is 0. The normalized spacial score (nSPS) is 30.1. The van der Waals surface area contributed by atoms with E-state index in [2.05, 4.69) is 0 Å². The molecule has 0 aliphatic heterocycles. The van der Waals surface area contributed by atoms with Gasteiger partial charge in [-0.2, -0.15) is 8.78 Å². The summed E-state index contributed by atoms with van der Waals surface area (Å²) >= 11 is 0. The molecule has 1 fully saturated rings. The molecule has 0 saturated heterocycles. The molecule has 1 aliphatic rings. The van der Waals surface area contributed by atoms with Gasteiger partial charge in [0.1, 0.15) is 6.10 Å². The highest BCUT2D eigenvalue weighted by Crippen LogP contribution is 2.46. The van der Waals surface area contributed by atoms with E-state index in [4.69, 9.17) is 4.74 Å². The van der Waals surface area contributed by atoms with Crippen molar-refractivity contribution in [1.29, 1.82) is 0 Å². The molecule has 2 rings (SSSR count). The van der Waals surface area contributed by atoms with Crippen molar-refractivity contribution < 1.29 is 27.4 Å². The fourth-order valence-corrected chi connectivity index (χ4v) is 2.24. The average molecular weight is 278 g/mol. The third-order valence-corrected chi connectivity index (χ3v) is 4.03. The van der Waals surface area contributed by atoms with E-state index in [9.17, 15) is 22.7 Å². The van der Waals surface area contributed by atoms with Crippen LogP contribution >= 0.6 is 0 Å². The first-order valence-corrected chi connectivity index (χ1v) is 5.99. The fourth-order valence-electron chi connectivity index (χ4n) is 2.24. The van der Waals surface area contributed by atoms with Crippen LogP contribution in [-0.4, -0.2) is 17.3 Å². The molecule has 0 heterocycles. The van der Waals surface area contributed by atoms with E-state index in [0.717, 1.165) is 0 Å². The van der Waals surface area contributed by atoms with Gasteiger partial charge in [-0.25, -0.2) is 8.78 Å². The van der Waals surface area contributed by atoms with Crippen molar-refractivity contribution >= 4 is 0 Å². The third kappa shape index (κ3) is 2.08. The van der Waals surface area contributed by atoms with Crippen molar-refractivity contribution in [3.63, 3.8) is 0 Å². The van der Waals surface area contributed by atoms with E-state index in [0.29, 0.717) is 6.42 Å². The lowest BCUT2D eigenvalue weighted by atomic mass is 9.63. The van der Waals surface area contributed by atoms with Crippen LogP contribution in [0, 0.1) is 28.7 Å². The van der Waals surface area contributed by atoms with Crippen LogP contribution in [-0.2, 0) is 0 Å². The second-order valence-corrected chi connectivity index (χ2v) is 5.01. The van der Waals surface area contributed by atoms with Crippen LogP contribution in [0.4, 0.5) is 17.6 Å². The van der Waals surface area contributed by atoms with Gasteiger partial charge in [0.15, 0.2) is 17.4 Å². The van der Waals surface area contributed by atoms with Gasteiger partial charge in [0.05, 0.1) is 6.10 Å². The predicted molar refractivity (Wildman–Crippen MR) is 59.7 cm³/mol. The maximum atomic E-state index is 13.4. The first kappa shape index (κ1) is 14.1. The molecule has 1 aliphatic carbocycles. The molecule has 1 N–H and O–H groups in total. The number of halogens is 4. The summed E-state index contributed by atoms with van der Waals surface area (Å²) in [4.78, 5) is 0. The molecular weight excluding hydrogens is 264 g/mol. The van der Waals surface area contributed by atoms with Gasteiger partial charge in [-0.1, -0.05) is 13.8 Å². The summed E-state index contributed by atoms with van der Waals surface area (Å²) in [6.07, 6.45) is -0.661. The fraction of sp³-hybridized carbons (Fsp3) is 0.538. The molecule has 3 unspecified atom stereocenters. The topological polar surface area (TPSA) is 29.5 Å². The lowest BCUT2D eigenvalue weighted by Gasteiger charge is -2.50. The number of benzene rings is 1. The second-order valence-electron chi connectivity index (χ2n) is 5.01. The molecule has 0 spiro atoms. The standard InChI is InChI=1S/C13H14F4O2/c1-3-13(2)8(18)5-9(13)19-12-10(16)6(14)4-7(15)11(12)17/h4,8-9,18H,3,5H2,1-2H3. The van der Waals surface area contributed by atoms with Gasteiger partial charge in [0.2, 0.25) is 11.6 Å². The van der Waals surface area contributed by atoms with Crippen molar-refractivity contribution in [1.82, 2.24) is 0 Å². The summed E-state index contributed by atoms with van der Waals surface area (Å²) in [5, 5.41) is 9.65. The maximum Gasteiger partial charge on any atom is 0.203 e. The number of aliphatic hydroxyl groups is 1. The largest absolute Gasteiger partial charge is 0.483 e. The van der Waals surface area contributed by atoms with Gasteiger partial charge in [-0.15, -0.1) is 0 Å². The Morgan fingerprint density at radius 3 is 2.21 bits per heavy atom. The van der Waals surface area contributed by atoms with Gasteiger partial charge in [-0.05, 0) is 6.42 Å². The number of ether oxygens (including phenoxy) is 1. The van der Waals surface area contributed by atoms with Crippen LogP contribution in [0.1, 0.15) is 26.7 Å². The Bertz CT molecular complexity index is 480. The molecule has 3 atom stereocenters. The number of hydrogen-bond donors (Lipinski definition) is 1. The summed E-state index contributed by atoms with van der Waals surface area (Å²) in [6.45, 7) is 3.48. The Labute approximate surface area is 108 Å². The molecule has 0 amide bonds. The van der Waals surface area contributed by atoms with Crippen molar-refractivity contribution in [3.05, 3.63) is 29.3 Å². The van der Waals surface area contributed by atoms with E-state index in [1.807, 2.05) is 0 Å². The first-order valence-electron chi connectivity index (χ1n) is 5.99. The highest BCUT2D eigenvalue weighted by molar-refractivity contribution is 5.29.